The van der Waals surface area contributed by atoms with E-state index in [1.807, 2.05) is 28.8 Å². The van der Waals surface area contributed by atoms with E-state index in [0.717, 1.165) is 17.8 Å². The molecule has 1 N–H and O–H groups in total. The van der Waals surface area contributed by atoms with E-state index in [0.29, 0.717) is 18.0 Å². The molecule has 2 aromatic heterocycles. The van der Waals surface area contributed by atoms with Gasteiger partial charge in [-0.25, -0.2) is 9.37 Å². The van der Waals surface area contributed by atoms with Gasteiger partial charge < -0.3 is 9.72 Å². The Morgan fingerprint density at radius 3 is 2.73 bits per heavy atom. The first-order chi connectivity index (χ1) is 12.6. The predicted molar refractivity (Wildman–Crippen MR) is 101 cm³/mol. The first-order valence-electron chi connectivity index (χ1n) is 8.99. The maximum Gasteiger partial charge on any atom is 0.221 e. The second-order valence-corrected chi connectivity index (χ2v) is 6.92. The van der Waals surface area contributed by atoms with Gasteiger partial charge in [-0.05, 0) is 36.1 Å². The van der Waals surface area contributed by atoms with Gasteiger partial charge in [-0.15, -0.1) is 0 Å². The van der Waals surface area contributed by atoms with E-state index in [1.165, 1.54) is 6.07 Å². The van der Waals surface area contributed by atoms with Crippen molar-refractivity contribution in [2.24, 2.45) is 5.92 Å². The number of carbonyl (C=O) groups is 1. The minimum Gasteiger partial charge on any atom is -0.356 e. The molecule has 0 aliphatic carbocycles. The van der Waals surface area contributed by atoms with E-state index < -0.39 is 5.92 Å². The van der Waals surface area contributed by atoms with Crippen molar-refractivity contribution in [2.75, 3.05) is 6.54 Å². The SMILES string of the molecule is CC(C)CCNC(=O)CC(c1ccccc1F)c1cnc2ccccn12. The summed E-state index contributed by atoms with van der Waals surface area (Å²) in [6.45, 7) is 4.87. The standard InChI is InChI=1S/C21H24FN3O/c1-15(2)10-11-23-21(26)13-17(16-7-3-4-8-18(16)22)19-14-24-20-9-5-6-12-25(19)20/h3-9,12,14-15,17H,10-11,13H2,1-2H3,(H,23,26). The molecule has 0 aliphatic rings. The van der Waals surface area contributed by atoms with Gasteiger partial charge >= 0.3 is 0 Å². The number of hydrogen-bond donors (Lipinski definition) is 1. The maximum atomic E-state index is 14.5. The van der Waals surface area contributed by atoms with E-state index in [1.54, 1.807) is 24.4 Å². The molecule has 1 unspecified atom stereocenters. The van der Waals surface area contributed by atoms with Crippen molar-refractivity contribution in [2.45, 2.75) is 32.6 Å². The number of rotatable bonds is 7. The third kappa shape index (κ3) is 4.10. The van der Waals surface area contributed by atoms with Crippen LogP contribution in [0.3, 0.4) is 0 Å². The summed E-state index contributed by atoms with van der Waals surface area (Å²) in [6.07, 6.45) is 4.73. The first kappa shape index (κ1) is 18.1. The number of benzene rings is 1. The van der Waals surface area contributed by atoms with E-state index in [2.05, 4.69) is 24.1 Å². The zero-order chi connectivity index (χ0) is 18.5. The number of imidazole rings is 1. The van der Waals surface area contributed by atoms with Crippen LogP contribution in [0.1, 0.15) is 43.9 Å². The van der Waals surface area contributed by atoms with Crippen LogP contribution in [0.5, 0.6) is 0 Å². The molecule has 0 aliphatic heterocycles. The summed E-state index contributed by atoms with van der Waals surface area (Å²) in [7, 11) is 0. The van der Waals surface area contributed by atoms with Crippen LogP contribution < -0.4 is 5.32 Å². The van der Waals surface area contributed by atoms with E-state index >= 15 is 0 Å². The molecular weight excluding hydrogens is 329 g/mol. The molecule has 0 spiro atoms. The highest BCUT2D eigenvalue weighted by molar-refractivity contribution is 5.77. The van der Waals surface area contributed by atoms with Gasteiger partial charge in [-0.3, -0.25) is 4.79 Å². The van der Waals surface area contributed by atoms with E-state index in [9.17, 15) is 9.18 Å². The van der Waals surface area contributed by atoms with Crippen molar-refractivity contribution in [3.05, 3.63) is 71.9 Å². The highest BCUT2D eigenvalue weighted by atomic mass is 19.1. The van der Waals surface area contributed by atoms with Crippen LogP contribution >= 0.6 is 0 Å². The lowest BCUT2D eigenvalue weighted by molar-refractivity contribution is -0.121. The molecule has 0 fully saturated rings. The zero-order valence-electron chi connectivity index (χ0n) is 15.2. The average Bonchev–Trinajstić information content (AvgIpc) is 3.04. The summed E-state index contributed by atoms with van der Waals surface area (Å²) >= 11 is 0. The largest absolute Gasteiger partial charge is 0.356 e. The monoisotopic (exact) mass is 353 g/mol. The number of hydrogen-bond acceptors (Lipinski definition) is 2. The average molecular weight is 353 g/mol. The summed E-state index contributed by atoms with van der Waals surface area (Å²) in [5.74, 6) is -0.257. The van der Waals surface area contributed by atoms with Gasteiger partial charge in [0.1, 0.15) is 11.5 Å². The molecule has 0 saturated carbocycles. The summed E-state index contributed by atoms with van der Waals surface area (Å²) < 4.78 is 16.4. The van der Waals surface area contributed by atoms with Gasteiger partial charge in [-0.2, -0.15) is 0 Å². The fraction of sp³-hybridized carbons (Fsp3) is 0.333. The van der Waals surface area contributed by atoms with Gasteiger partial charge in [0, 0.05) is 31.3 Å². The quantitative estimate of drug-likeness (QED) is 0.693. The summed E-state index contributed by atoms with van der Waals surface area (Å²) in [5.41, 5.74) is 2.10. The van der Waals surface area contributed by atoms with Crippen molar-refractivity contribution in [1.82, 2.24) is 14.7 Å². The molecule has 1 aromatic carbocycles. The highest BCUT2D eigenvalue weighted by Gasteiger charge is 2.24. The second kappa shape index (κ2) is 8.13. The molecule has 3 rings (SSSR count). The normalized spacial score (nSPS) is 12.5. The van der Waals surface area contributed by atoms with Gasteiger partial charge in [-0.1, -0.05) is 38.1 Å². The van der Waals surface area contributed by atoms with Crippen LogP contribution in [0.25, 0.3) is 5.65 Å². The Morgan fingerprint density at radius 1 is 1.19 bits per heavy atom. The molecule has 5 heteroatoms. The van der Waals surface area contributed by atoms with Crippen molar-refractivity contribution < 1.29 is 9.18 Å². The number of amides is 1. The smallest absolute Gasteiger partial charge is 0.221 e. The van der Waals surface area contributed by atoms with Gasteiger partial charge in [0.2, 0.25) is 5.91 Å². The van der Waals surface area contributed by atoms with E-state index in [-0.39, 0.29) is 18.1 Å². The van der Waals surface area contributed by atoms with Crippen molar-refractivity contribution in [3.63, 3.8) is 0 Å². The fourth-order valence-electron chi connectivity index (χ4n) is 3.10. The number of carbonyl (C=O) groups excluding carboxylic acids is 1. The molecule has 0 saturated heterocycles. The Hall–Kier alpha value is -2.69. The zero-order valence-corrected chi connectivity index (χ0v) is 15.2. The third-order valence-corrected chi connectivity index (χ3v) is 4.52. The third-order valence-electron chi connectivity index (χ3n) is 4.52. The molecule has 0 bridgehead atoms. The van der Waals surface area contributed by atoms with Crippen LogP contribution in [0.15, 0.2) is 54.9 Å². The summed E-state index contributed by atoms with van der Waals surface area (Å²) in [5, 5.41) is 2.95. The van der Waals surface area contributed by atoms with Crippen LogP contribution in [0.4, 0.5) is 4.39 Å². The molecule has 4 nitrogen and oxygen atoms in total. The maximum absolute atomic E-state index is 14.5. The lowest BCUT2D eigenvalue weighted by Gasteiger charge is -2.18. The molecule has 2 heterocycles. The summed E-state index contributed by atoms with van der Waals surface area (Å²) in [4.78, 5) is 16.9. The topological polar surface area (TPSA) is 46.4 Å². The van der Waals surface area contributed by atoms with Gasteiger partial charge in [0.05, 0.1) is 5.69 Å². The Morgan fingerprint density at radius 2 is 1.96 bits per heavy atom. The molecule has 26 heavy (non-hydrogen) atoms. The van der Waals surface area contributed by atoms with Gasteiger partial charge in [0.25, 0.3) is 0 Å². The highest BCUT2D eigenvalue weighted by Crippen LogP contribution is 2.30. The van der Waals surface area contributed by atoms with Crippen LogP contribution in [-0.2, 0) is 4.79 Å². The number of fused-ring (bicyclic) bond motifs is 1. The molecule has 0 radical (unpaired) electrons. The second-order valence-electron chi connectivity index (χ2n) is 6.92. The number of pyridine rings is 1. The fourth-order valence-corrected chi connectivity index (χ4v) is 3.10. The number of nitrogens with one attached hydrogen (secondary N) is 1. The van der Waals surface area contributed by atoms with Crippen molar-refractivity contribution in [1.29, 1.82) is 0 Å². The first-order valence-corrected chi connectivity index (χ1v) is 8.99. The Labute approximate surface area is 153 Å². The minimum atomic E-state index is -0.396. The van der Waals surface area contributed by atoms with Crippen LogP contribution in [0.2, 0.25) is 0 Å². The minimum absolute atomic E-state index is 0.0789. The summed E-state index contributed by atoms with van der Waals surface area (Å²) in [6, 6.07) is 12.3. The molecular formula is C21H24FN3O. The Bertz CT molecular complexity index is 888. The van der Waals surface area contributed by atoms with E-state index in [4.69, 9.17) is 0 Å². The lowest BCUT2D eigenvalue weighted by atomic mass is 9.92. The van der Waals surface area contributed by atoms with Crippen LogP contribution in [-0.4, -0.2) is 21.8 Å². The molecule has 3 aromatic rings. The predicted octanol–water partition coefficient (Wildman–Crippen LogP) is 4.16. The lowest BCUT2D eigenvalue weighted by Crippen LogP contribution is -2.27. The molecule has 1 atom stereocenters. The van der Waals surface area contributed by atoms with Crippen LogP contribution in [0, 0.1) is 11.7 Å². The molecule has 136 valence electrons. The number of aromatic nitrogens is 2. The van der Waals surface area contributed by atoms with Crippen molar-refractivity contribution in [3.8, 4) is 0 Å². The van der Waals surface area contributed by atoms with Gasteiger partial charge in [0.15, 0.2) is 0 Å². The van der Waals surface area contributed by atoms with Crippen molar-refractivity contribution >= 4 is 11.6 Å². The molecule has 1 amide bonds. The number of halogens is 1. The Balaban J connectivity index is 1.90. The Kier molecular flexibility index (Phi) is 5.66. The number of nitrogens with zero attached hydrogens (tertiary/aromatic N) is 2.